The Kier molecular flexibility index (Phi) is 8.07. The Morgan fingerprint density at radius 1 is 1.13 bits per heavy atom. The minimum atomic E-state index is -0.0666. The van der Waals surface area contributed by atoms with Gasteiger partial charge in [-0.05, 0) is 26.7 Å². The van der Waals surface area contributed by atoms with Gasteiger partial charge >= 0.3 is 0 Å². The minimum absolute atomic E-state index is 0.0666. The average molecular weight is 215 g/mol. The normalized spacial score (nSPS) is 14.2. The molecule has 0 aliphatic rings. The summed E-state index contributed by atoms with van der Waals surface area (Å²) in [7, 11) is 1.76. The lowest BCUT2D eigenvalue weighted by atomic mass is 9.95. The van der Waals surface area contributed by atoms with Gasteiger partial charge in [-0.2, -0.15) is 0 Å². The van der Waals surface area contributed by atoms with Crippen LogP contribution in [0.3, 0.4) is 0 Å². The molecule has 0 aromatic heterocycles. The standard InChI is InChI=1S/C13H29NO/c1-5-6-7-8-9-10-12(14)11-13(2,3)15-4/h12H,5-11,14H2,1-4H3. The molecule has 0 rings (SSSR count). The first kappa shape index (κ1) is 14.9. The second-order valence-corrected chi connectivity index (χ2v) is 5.13. The molecule has 15 heavy (non-hydrogen) atoms. The van der Waals surface area contributed by atoms with Gasteiger partial charge in [-0.1, -0.05) is 39.0 Å². The second-order valence-electron chi connectivity index (χ2n) is 5.13. The molecule has 1 unspecified atom stereocenters. The molecule has 2 nitrogen and oxygen atoms in total. The predicted molar refractivity (Wildman–Crippen MR) is 67.1 cm³/mol. The molecule has 0 saturated heterocycles. The van der Waals surface area contributed by atoms with Gasteiger partial charge in [0, 0.05) is 13.2 Å². The van der Waals surface area contributed by atoms with E-state index in [2.05, 4.69) is 20.8 Å². The highest BCUT2D eigenvalue weighted by Crippen LogP contribution is 2.17. The number of nitrogens with two attached hydrogens (primary N) is 1. The number of rotatable bonds is 9. The Hall–Kier alpha value is -0.0800. The molecular weight excluding hydrogens is 186 g/mol. The summed E-state index contributed by atoms with van der Waals surface area (Å²) in [5.41, 5.74) is 6.00. The number of hydrogen-bond donors (Lipinski definition) is 1. The fourth-order valence-corrected chi connectivity index (χ4v) is 1.83. The molecule has 2 heteroatoms. The van der Waals surface area contributed by atoms with E-state index in [4.69, 9.17) is 10.5 Å². The van der Waals surface area contributed by atoms with Gasteiger partial charge in [0.2, 0.25) is 0 Å². The summed E-state index contributed by atoms with van der Waals surface area (Å²) in [6, 6.07) is 0.293. The average Bonchev–Trinajstić information content (AvgIpc) is 2.17. The van der Waals surface area contributed by atoms with Crippen molar-refractivity contribution in [2.45, 2.75) is 77.4 Å². The van der Waals surface area contributed by atoms with Crippen LogP contribution in [0.25, 0.3) is 0 Å². The van der Waals surface area contributed by atoms with E-state index in [1.165, 1.54) is 32.1 Å². The van der Waals surface area contributed by atoms with Crippen LogP contribution in [0, 0.1) is 0 Å². The third-order valence-electron chi connectivity index (χ3n) is 2.98. The quantitative estimate of drug-likeness (QED) is 0.598. The molecule has 0 amide bonds. The van der Waals surface area contributed by atoms with E-state index >= 15 is 0 Å². The number of methoxy groups -OCH3 is 1. The fraction of sp³-hybridized carbons (Fsp3) is 1.00. The Morgan fingerprint density at radius 3 is 2.27 bits per heavy atom. The fourth-order valence-electron chi connectivity index (χ4n) is 1.83. The van der Waals surface area contributed by atoms with Gasteiger partial charge in [-0.25, -0.2) is 0 Å². The van der Waals surface area contributed by atoms with Crippen LogP contribution in [0.2, 0.25) is 0 Å². The van der Waals surface area contributed by atoms with E-state index in [-0.39, 0.29) is 5.60 Å². The maximum atomic E-state index is 6.07. The Morgan fingerprint density at radius 2 is 1.73 bits per heavy atom. The maximum absolute atomic E-state index is 6.07. The maximum Gasteiger partial charge on any atom is 0.0637 e. The third kappa shape index (κ3) is 8.88. The van der Waals surface area contributed by atoms with Gasteiger partial charge in [-0.15, -0.1) is 0 Å². The van der Waals surface area contributed by atoms with E-state index < -0.39 is 0 Å². The third-order valence-corrected chi connectivity index (χ3v) is 2.98. The molecule has 0 aliphatic carbocycles. The lowest BCUT2D eigenvalue weighted by Crippen LogP contribution is -2.33. The molecule has 2 N–H and O–H groups in total. The van der Waals surface area contributed by atoms with Crippen LogP contribution in [-0.2, 0) is 4.74 Å². The monoisotopic (exact) mass is 215 g/mol. The molecule has 0 aromatic rings. The van der Waals surface area contributed by atoms with Crippen molar-refractivity contribution in [3.05, 3.63) is 0 Å². The number of unbranched alkanes of at least 4 members (excludes halogenated alkanes) is 4. The molecule has 0 spiro atoms. The summed E-state index contributed by atoms with van der Waals surface area (Å²) in [6.07, 6.45) is 8.71. The molecule has 0 heterocycles. The molecule has 92 valence electrons. The highest BCUT2D eigenvalue weighted by Gasteiger charge is 2.19. The van der Waals surface area contributed by atoms with Crippen LogP contribution >= 0.6 is 0 Å². The predicted octanol–water partition coefficient (Wildman–Crippen LogP) is 3.49. The smallest absolute Gasteiger partial charge is 0.0637 e. The largest absolute Gasteiger partial charge is 0.379 e. The highest BCUT2D eigenvalue weighted by molar-refractivity contribution is 4.75. The van der Waals surface area contributed by atoms with Gasteiger partial charge < -0.3 is 10.5 Å². The van der Waals surface area contributed by atoms with Crippen molar-refractivity contribution in [1.82, 2.24) is 0 Å². The van der Waals surface area contributed by atoms with Crippen LogP contribution in [0.15, 0.2) is 0 Å². The zero-order chi connectivity index (χ0) is 11.7. The lowest BCUT2D eigenvalue weighted by molar-refractivity contribution is 0.00940. The van der Waals surface area contributed by atoms with Gasteiger partial charge in [-0.3, -0.25) is 0 Å². The highest BCUT2D eigenvalue weighted by atomic mass is 16.5. The summed E-state index contributed by atoms with van der Waals surface area (Å²) in [4.78, 5) is 0. The van der Waals surface area contributed by atoms with Crippen molar-refractivity contribution >= 4 is 0 Å². The van der Waals surface area contributed by atoms with Crippen molar-refractivity contribution in [2.75, 3.05) is 7.11 Å². The van der Waals surface area contributed by atoms with Crippen molar-refractivity contribution in [3.8, 4) is 0 Å². The Balaban J connectivity index is 3.45. The van der Waals surface area contributed by atoms with E-state index in [1.54, 1.807) is 7.11 Å². The van der Waals surface area contributed by atoms with E-state index in [1.807, 2.05) is 0 Å². The first-order valence-electron chi connectivity index (χ1n) is 6.32. The molecule has 1 atom stereocenters. The summed E-state index contributed by atoms with van der Waals surface area (Å²) in [6.45, 7) is 6.45. The van der Waals surface area contributed by atoms with E-state index in [0.29, 0.717) is 6.04 Å². The molecule has 0 radical (unpaired) electrons. The zero-order valence-corrected chi connectivity index (χ0v) is 11.0. The molecule has 0 saturated carbocycles. The summed E-state index contributed by atoms with van der Waals surface area (Å²) in [5.74, 6) is 0. The topological polar surface area (TPSA) is 35.2 Å². The molecule has 0 bridgehead atoms. The molecular formula is C13H29NO. The molecule has 0 aromatic carbocycles. The minimum Gasteiger partial charge on any atom is -0.379 e. The van der Waals surface area contributed by atoms with Crippen molar-refractivity contribution in [2.24, 2.45) is 5.73 Å². The molecule has 0 fully saturated rings. The second kappa shape index (κ2) is 8.12. The summed E-state index contributed by atoms with van der Waals surface area (Å²) >= 11 is 0. The van der Waals surface area contributed by atoms with Gasteiger partial charge in [0.25, 0.3) is 0 Å². The van der Waals surface area contributed by atoms with Crippen molar-refractivity contribution in [1.29, 1.82) is 0 Å². The zero-order valence-electron chi connectivity index (χ0n) is 11.0. The molecule has 0 aliphatic heterocycles. The van der Waals surface area contributed by atoms with E-state index in [0.717, 1.165) is 12.8 Å². The Bertz CT molecular complexity index is 145. The van der Waals surface area contributed by atoms with Crippen LogP contribution in [0.5, 0.6) is 0 Å². The first-order valence-corrected chi connectivity index (χ1v) is 6.32. The van der Waals surface area contributed by atoms with Gasteiger partial charge in [0.1, 0.15) is 0 Å². The van der Waals surface area contributed by atoms with Gasteiger partial charge in [0.05, 0.1) is 5.60 Å². The van der Waals surface area contributed by atoms with Gasteiger partial charge in [0.15, 0.2) is 0 Å². The SMILES string of the molecule is CCCCCCCC(N)CC(C)(C)OC. The Labute approximate surface area is 95.6 Å². The first-order chi connectivity index (χ1) is 7.02. The van der Waals surface area contributed by atoms with Crippen LogP contribution in [0.4, 0.5) is 0 Å². The lowest BCUT2D eigenvalue weighted by Gasteiger charge is -2.26. The van der Waals surface area contributed by atoms with E-state index in [9.17, 15) is 0 Å². The van der Waals surface area contributed by atoms with Crippen LogP contribution in [0.1, 0.15) is 65.7 Å². The van der Waals surface area contributed by atoms with Crippen LogP contribution in [-0.4, -0.2) is 18.8 Å². The van der Waals surface area contributed by atoms with Crippen LogP contribution < -0.4 is 5.73 Å². The summed E-state index contributed by atoms with van der Waals surface area (Å²) < 4.78 is 5.37. The van der Waals surface area contributed by atoms with Crippen molar-refractivity contribution in [3.63, 3.8) is 0 Å². The summed E-state index contributed by atoms with van der Waals surface area (Å²) in [5, 5.41) is 0. The van der Waals surface area contributed by atoms with Crippen molar-refractivity contribution < 1.29 is 4.74 Å². The number of hydrogen-bond acceptors (Lipinski definition) is 2. The number of ether oxygens (including phenoxy) is 1.